The summed E-state index contributed by atoms with van der Waals surface area (Å²) in [6, 6.07) is 14.0. The van der Waals surface area contributed by atoms with Crippen molar-refractivity contribution in [3.8, 4) is 0 Å². The topological polar surface area (TPSA) is 0 Å². The first-order valence-electron chi connectivity index (χ1n) is 7.35. The summed E-state index contributed by atoms with van der Waals surface area (Å²) >= 11 is 0. The number of hydrogen-bond donors (Lipinski definition) is 0. The van der Waals surface area contributed by atoms with E-state index in [1.165, 1.54) is 35.1 Å². The average molecular weight is 250 g/mol. The summed E-state index contributed by atoms with van der Waals surface area (Å²) in [4.78, 5) is 0. The summed E-state index contributed by atoms with van der Waals surface area (Å²) in [5.41, 5.74) is 8.95. The van der Waals surface area contributed by atoms with Crippen LogP contribution in [0.25, 0.3) is 0 Å². The first kappa shape index (κ1) is 12.5. The standard InChI is InChI=1S/C19H22/c1-4-15-11-17-9-13(2)5-7-16(17)12-18-10-14(3)6-8-19(15)18/h5-10,15H,4,11-12H2,1-3H3. The molecular weight excluding hydrogens is 228 g/mol. The zero-order chi connectivity index (χ0) is 13.4. The van der Waals surface area contributed by atoms with Gasteiger partial charge in [0.1, 0.15) is 0 Å². The molecule has 1 aliphatic rings. The fraction of sp³-hybridized carbons (Fsp3) is 0.368. The third-order valence-electron chi connectivity index (χ3n) is 4.44. The second kappa shape index (κ2) is 4.85. The van der Waals surface area contributed by atoms with Crippen LogP contribution in [0.1, 0.15) is 52.6 Å². The lowest BCUT2D eigenvalue weighted by Crippen LogP contribution is -2.02. The molecule has 0 N–H and O–H groups in total. The molecular formula is C19H22. The van der Waals surface area contributed by atoms with Gasteiger partial charge >= 0.3 is 0 Å². The molecule has 0 radical (unpaired) electrons. The summed E-state index contributed by atoms with van der Waals surface area (Å²) in [6.07, 6.45) is 3.52. The Morgan fingerprint density at radius 3 is 2.32 bits per heavy atom. The van der Waals surface area contributed by atoms with Crippen molar-refractivity contribution in [1.82, 2.24) is 0 Å². The Hall–Kier alpha value is -1.56. The van der Waals surface area contributed by atoms with Crippen molar-refractivity contribution < 1.29 is 0 Å². The molecule has 3 rings (SSSR count). The second-order valence-corrected chi connectivity index (χ2v) is 5.96. The van der Waals surface area contributed by atoms with E-state index in [9.17, 15) is 0 Å². The first-order chi connectivity index (χ1) is 9.17. The summed E-state index contributed by atoms with van der Waals surface area (Å²) in [6.45, 7) is 6.71. The summed E-state index contributed by atoms with van der Waals surface area (Å²) in [7, 11) is 0. The van der Waals surface area contributed by atoms with E-state index in [4.69, 9.17) is 0 Å². The van der Waals surface area contributed by atoms with Crippen molar-refractivity contribution in [3.63, 3.8) is 0 Å². The molecule has 98 valence electrons. The van der Waals surface area contributed by atoms with Crippen molar-refractivity contribution in [2.45, 2.75) is 46.0 Å². The van der Waals surface area contributed by atoms with E-state index >= 15 is 0 Å². The molecule has 0 aromatic heterocycles. The quantitative estimate of drug-likeness (QED) is 0.672. The second-order valence-electron chi connectivity index (χ2n) is 5.96. The number of rotatable bonds is 1. The minimum Gasteiger partial charge on any atom is -0.0648 e. The molecule has 0 heteroatoms. The Morgan fingerprint density at radius 2 is 1.58 bits per heavy atom. The Morgan fingerprint density at radius 1 is 0.895 bits per heavy atom. The highest BCUT2D eigenvalue weighted by molar-refractivity contribution is 5.45. The molecule has 0 spiro atoms. The van der Waals surface area contributed by atoms with Crippen LogP contribution < -0.4 is 0 Å². The zero-order valence-corrected chi connectivity index (χ0v) is 12.2. The molecule has 0 saturated heterocycles. The minimum atomic E-state index is 0.679. The van der Waals surface area contributed by atoms with Gasteiger partial charge in [0, 0.05) is 0 Å². The van der Waals surface area contributed by atoms with Crippen LogP contribution in [0.2, 0.25) is 0 Å². The lowest BCUT2D eigenvalue weighted by atomic mass is 9.88. The van der Waals surface area contributed by atoms with E-state index in [0.717, 1.165) is 6.42 Å². The first-order valence-corrected chi connectivity index (χ1v) is 7.35. The Bertz CT molecular complexity index is 607. The van der Waals surface area contributed by atoms with Gasteiger partial charge in [-0.1, -0.05) is 54.4 Å². The summed E-state index contributed by atoms with van der Waals surface area (Å²) in [5, 5.41) is 0. The van der Waals surface area contributed by atoms with Crippen LogP contribution in [0.15, 0.2) is 36.4 Å². The van der Waals surface area contributed by atoms with Crippen LogP contribution in [0.3, 0.4) is 0 Å². The van der Waals surface area contributed by atoms with Gasteiger partial charge in [0.15, 0.2) is 0 Å². The molecule has 19 heavy (non-hydrogen) atoms. The van der Waals surface area contributed by atoms with E-state index in [1.807, 2.05) is 0 Å². The largest absolute Gasteiger partial charge is 0.0648 e. The van der Waals surface area contributed by atoms with Crippen LogP contribution >= 0.6 is 0 Å². The van der Waals surface area contributed by atoms with Crippen LogP contribution in [-0.4, -0.2) is 0 Å². The van der Waals surface area contributed by atoms with Gasteiger partial charge < -0.3 is 0 Å². The molecule has 0 heterocycles. The lowest BCUT2D eigenvalue weighted by Gasteiger charge is -2.16. The highest BCUT2D eigenvalue weighted by Crippen LogP contribution is 2.34. The predicted octanol–water partition coefficient (Wildman–Crippen LogP) is 4.94. The smallest absolute Gasteiger partial charge is 0.00201 e. The highest BCUT2D eigenvalue weighted by atomic mass is 14.2. The molecule has 1 atom stereocenters. The number of benzene rings is 2. The van der Waals surface area contributed by atoms with Gasteiger partial charge in [0.25, 0.3) is 0 Å². The Labute approximate surface area is 116 Å². The third-order valence-corrected chi connectivity index (χ3v) is 4.44. The van der Waals surface area contributed by atoms with Gasteiger partial charge in [-0.25, -0.2) is 0 Å². The van der Waals surface area contributed by atoms with E-state index in [-0.39, 0.29) is 0 Å². The van der Waals surface area contributed by atoms with Crippen LogP contribution in [0.4, 0.5) is 0 Å². The fourth-order valence-electron chi connectivity index (χ4n) is 3.35. The molecule has 0 nitrogen and oxygen atoms in total. The van der Waals surface area contributed by atoms with Crippen molar-refractivity contribution in [2.75, 3.05) is 0 Å². The van der Waals surface area contributed by atoms with E-state index < -0.39 is 0 Å². The van der Waals surface area contributed by atoms with Gasteiger partial charge in [-0.2, -0.15) is 0 Å². The summed E-state index contributed by atoms with van der Waals surface area (Å²) < 4.78 is 0. The van der Waals surface area contributed by atoms with Gasteiger partial charge in [-0.3, -0.25) is 0 Å². The number of fused-ring (bicyclic) bond motifs is 2. The summed E-state index contributed by atoms with van der Waals surface area (Å²) in [5.74, 6) is 0.679. The number of aryl methyl sites for hydroxylation is 2. The predicted molar refractivity (Wildman–Crippen MR) is 81.9 cm³/mol. The van der Waals surface area contributed by atoms with Crippen LogP contribution in [-0.2, 0) is 12.8 Å². The Balaban J connectivity index is 2.14. The molecule has 0 amide bonds. The highest BCUT2D eigenvalue weighted by Gasteiger charge is 2.20. The van der Waals surface area contributed by atoms with Crippen molar-refractivity contribution in [2.24, 2.45) is 0 Å². The van der Waals surface area contributed by atoms with Crippen LogP contribution in [0, 0.1) is 13.8 Å². The third kappa shape index (κ3) is 2.32. The molecule has 2 aromatic rings. The van der Waals surface area contributed by atoms with Crippen molar-refractivity contribution in [1.29, 1.82) is 0 Å². The maximum absolute atomic E-state index is 2.39. The lowest BCUT2D eigenvalue weighted by molar-refractivity contribution is 0.661. The fourth-order valence-corrected chi connectivity index (χ4v) is 3.35. The van der Waals surface area contributed by atoms with Gasteiger partial charge in [-0.15, -0.1) is 0 Å². The molecule has 0 aliphatic heterocycles. The van der Waals surface area contributed by atoms with Gasteiger partial charge in [0.2, 0.25) is 0 Å². The van der Waals surface area contributed by atoms with Crippen LogP contribution in [0.5, 0.6) is 0 Å². The average Bonchev–Trinajstić information content (AvgIpc) is 2.54. The molecule has 0 saturated carbocycles. The SMILES string of the molecule is CCC1Cc2cc(C)ccc2Cc2cc(C)ccc21. The van der Waals surface area contributed by atoms with E-state index in [2.05, 4.69) is 57.2 Å². The van der Waals surface area contributed by atoms with E-state index in [0.29, 0.717) is 5.92 Å². The number of hydrogen-bond acceptors (Lipinski definition) is 0. The molecule has 1 unspecified atom stereocenters. The maximum atomic E-state index is 2.39. The van der Waals surface area contributed by atoms with Gasteiger partial charge in [-0.05, 0) is 61.3 Å². The van der Waals surface area contributed by atoms with Crippen molar-refractivity contribution in [3.05, 3.63) is 69.8 Å². The molecule has 0 bridgehead atoms. The zero-order valence-electron chi connectivity index (χ0n) is 12.2. The minimum absolute atomic E-state index is 0.679. The molecule has 1 aliphatic carbocycles. The van der Waals surface area contributed by atoms with Gasteiger partial charge in [0.05, 0.1) is 0 Å². The monoisotopic (exact) mass is 250 g/mol. The van der Waals surface area contributed by atoms with E-state index in [1.54, 1.807) is 11.1 Å². The molecule has 0 fully saturated rings. The van der Waals surface area contributed by atoms with Crippen molar-refractivity contribution >= 4 is 0 Å². The molecule has 2 aromatic carbocycles. The Kier molecular flexibility index (Phi) is 3.18. The maximum Gasteiger partial charge on any atom is -0.00201 e. The normalized spacial score (nSPS) is 17.5.